The normalized spacial score (nSPS) is 12.6. The van der Waals surface area contributed by atoms with E-state index < -0.39 is 35.3 Å². The molecule has 0 spiro atoms. The summed E-state index contributed by atoms with van der Waals surface area (Å²) in [5, 5.41) is 17.9. The van der Waals surface area contributed by atoms with Crippen molar-refractivity contribution in [3.8, 4) is 0 Å². The minimum atomic E-state index is -1.20. The molecule has 0 radical (unpaired) electrons. The second-order valence-electron chi connectivity index (χ2n) is 9.79. The van der Waals surface area contributed by atoms with Crippen LogP contribution in [0.25, 0.3) is 0 Å². The number of aliphatic hydroxyl groups is 1. The van der Waals surface area contributed by atoms with Crippen LogP contribution in [0, 0.1) is 0 Å². The summed E-state index contributed by atoms with van der Waals surface area (Å²) in [6.45, 7) is 1.37. The number of nitrogens with one attached hydrogen (secondary N) is 3. The van der Waals surface area contributed by atoms with Crippen LogP contribution in [-0.2, 0) is 26.5 Å². The molecule has 0 aromatic heterocycles. The molecule has 8 heteroatoms. The Kier molecular flexibility index (Phi) is 9.63. The number of aliphatic hydroxyl groups excluding tert-OH is 1. The number of benzene rings is 4. The van der Waals surface area contributed by atoms with Crippen molar-refractivity contribution < 1.29 is 19.5 Å². The van der Waals surface area contributed by atoms with Crippen molar-refractivity contribution >= 4 is 23.4 Å². The van der Waals surface area contributed by atoms with Gasteiger partial charge in [-0.1, -0.05) is 103 Å². The van der Waals surface area contributed by atoms with Gasteiger partial charge in [0.05, 0.1) is 19.1 Å². The molecule has 0 aliphatic heterocycles. The Balaban J connectivity index is 1.69. The van der Waals surface area contributed by atoms with Gasteiger partial charge in [0.15, 0.2) is 0 Å². The van der Waals surface area contributed by atoms with Gasteiger partial charge in [-0.05, 0) is 41.3 Å². The summed E-state index contributed by atoms with van der Waals surface area (Å²) in [6, 6.07) is 33.3. The molecule has 0 bridgehead atoms. The molecule has 210 valence electrons. The maximum Gasteiger partial charge on any atom is 0.247 e. The Morgan fingerprint density at radius 1 is 0.732 bits per heavy atom. The minimum absolute atomic E-state index is 0.131. The van der Waals surface area contributed by atoms with E-state index in [1.807, 2.05) is 91.0 Å². The van der Waals surface area contributed by atoms with E-state index >= 15 is 0 Å². The van der Waals surface area contributed by atoms with Crippen LogP contribution < -0.4 is 21.7 Å². The number of hydrogen-bond donors (Lipinski definition) is 5. The molecule has 0 heterocycles. The topological polar surface area (TPSA) is 134 Å². The molecule has 4 aromatic rings. The highest BCUT2D eigenvalue weighted by molar-refractivity contribution is 6.00. The van der Waals surface area contributed by atoms with Crippen LogP contribution in [0.3, 0.4) is 0 Å². The summed E-state index contributed by atoms with van der Waals surface area (Å²) in [7, 11) is 0. The van der Waals surface area contributed by atoms with Crippen molar-refractivity contribution in [3.05, 3.63) is 138 Å². The van der Waals surface area contributed by atoms with Gasteiger partial charge in [-0.15, -0.1) is 0 Å². The summed E-state index contributed by atoms with van der Waals surface area (Å²) in [4.78, 5) is 39.8. The monoisotopic (exact) mass is 550 g/mol. The van der Waals surface area contributed by atoms with E-state index in [1.165, 1.54) is 6.92 Å². The minimum Gasteiger partial charge on any atom is -0.392 e. The van der Waals surface area contributed by atoms with E-state index in [4.69, 9.17) is 5.73 Å². The lowest BCUT2D eigenvalue weighted by Crippen LogP contribution is -2.53. The molecule has 0 aliphatic carbocycles. The second kappa shape index (κ2) is 13.5. The molecule has 0 saturated heterocycles. The highest BCUT2D eigenvalue weighted by Crippen LogP contribution is 2.36. The van der Waals surface area contributed by atoms with Gasteiger partial charge in [-0.25, -0.2) is 0 Å². The molecule has 6 N–H and O–H groups in total. The standard InChI is InChI=1S/C33H34N4O4/c1-23(34)31(40)36-29(32(41)35-28-19-17-24(22-38)18-20-28)21-30(39)37-33(25-11-5-2-6-12-25,26-13-7-3-8-14-26)27-15-9-4-10-16-27/h2-20,23,29,38H,21-22,34H2,1H3,(H,35,41)(H,36,40)(H,37,39). The van der Waals surface area contributed by atoms with Crippen LogP contribution >= 0.6 is 0 Å². The molecular formula is C33H34N4O4. The highest BCUT2D eigenvalue weighted by atomic mass is 16.3. The second-order valence-corrected chi connectivity index (χ2v) is 9.79. The maximum atomic E-state index is 13.9. The first-order valence-electron chi connectivity index (χ1n) is 13.4. The van der Waals surface area contributed by atoms with Crippen LogP contribution in [0.5, 0.6) is 0 Å². The van der Waals surface area contributed by atoms with Gasteiger partial charge in [0.1, 0.15) is 11.6 Å². The third-order valence-corrected chi connectivity index (χ3v) is 6.79. The number of carbonyl (C=O) groups is 3. The number of nitrogens with two attached hydrogens (primary N) is 1. The summed E-state index contributed by atoms with van der Waals surface area (Å²) in [6.07, 6.45) is -0.340. The first-order valence-corrected chi connectivity index (χ1v) is 13.4. The summed E-state index contributed by atoms with van der Waals surface area (Å²) >= 11 is 0. The molecule has 0 fully saturated rings. The lowest BCUT2D eigenvalue weighted by atomic mass is 9.77. The summed E-state index contributed by atoms with van der Waals surface area (Å²) in [5.74, 6) is -1.59. The molecule has 0 aliphatic rings. The molecule has 4 aromatic carbocycles. The van der Waals surface area contributed by atoms with Crippen molar-refractivity contribution in [2.24, 2.45) is 5.73 Å². The zero-order valence-electron chi connectivity index (χ0n) is 22.8. The number of carbonyl (C=O) groups excluding carboxylic acids is 3. The van der Waals surface area contributed by atoms with E-state index in [0.717, 1.165) is 16.7 Å². The van der Waals surface area contributed by atoms with E-state index in [1.54, 1.807) is 24.3 Å². The fraction of sp³-hybridized carbons (Fsp3) is 0.182. The van der Waals surface area contributed by atoms with Crippen molar-refractivity contribution in [2.45, 2.75) is 37.6 Å². The van der Waals surface area contributed by atoms with Crippen LogP contribution in [0.1, 0.15) is 35.6 Å². The van der Waals surface area contributed by atoms with Gasteiger partial charge in [0.25, 0.3) is 0 Å². The number of rotatable bonds is 11. The van der Waals surface area contributed by atoms with E-state index in [2.05, 4.69) is 16.0 Å². The lowest BCUT2D eigenvalue weighted by molar-refractivity contribution is -0.130. The summed E-state index contributed by atoms with van der Waals surface area (Å²) in [5.41, 5.74) is 8.31. The molecule has 41 heavy (non-hydrogen) atoms. The van der Waals surface area contributed by atoms with Crippen molar-refractivity contribution in [3.63, 3.8) is 0 Å². The lowest BCUT2D eigenvalue weighted by Gasteiger charge is -2.37. The van der Waals surface area contributed by atoms with Gasteiger partial charge >= 0.3 is 0 Å². The van der Waals surface area contributed by atoms with Crippen molar-refractivity contribution in [2.75, 3.05) is 5.32 Å². The predicted molar refractivity (Wildman–Crippen MR) is 159 cm³/mol. The van der Waals surface area contributed by atoms with Gasteiger partial charge in [0.2, 0.25) is 17.7 Å². The molecule has 4 rings (SSSR count). The predicted octanol–water partition coefficient (Wildman–Crippen LogP) is 3.45. The zero-order valence-corrected chi connectivity index (χ0v) is 22.8. The Bertz CT molecular complexity index is 1350. The van der Waals surface area contributed by atoms with Gasteiger partial charge in [-0.2, -0.15) is 0 Å². The van der Waals surface area contributed by atoms with Gasteiger partial charge in [0, 0.05) is 5.69 Å². The Labute approximate surface area is 239 Å². The van der Waals surface area contributed by atoms with Crippen LogP contribution in [0.2, 0.25) is 0 Å². The Morgan fingerprint density at radius 2 is 1.20 bits per heavy atom. The SMILES string of the molecule is CC(N)C(=O)NC(CC(=O)NC(c1ccccc1)(c1ccccc1)c1ccccc1)C(=O)Nc1ccc(CO)cc1. The molecule has 2 unspecified atom stereocenters. The largest absolute Gasteiger partial charge is 0.392 e. The smallest absolute Gasteiger partial charge is 0.247 e. The Morgan fingerprint density at radius 3 is 1.61 bits per heavy atom. The Hall–Kier alpha value is -4.79. The third-order valence-electron chi connectivity index (χ3n) is 6.79. The van der Waals surface area contributed by atoms with E-state index in [-0.39, 0.29) is 13.0 Å². The molecule has 3 amide bonds. The fourth-order valence-corrected chi connectivity index (χ4v) is 4.66. The first-order chi connectivity index (χ1) is 19.8. The number of anilines is 1. The van der Waals surface area contributed by atoms with Gasteiger partial charge < -0.3 is 26.8 Å². The first kappa shape index (κ1) is 29.2. The quantitative estimate of drug-likeness (QED) is 0.183. The van der Waals surface area contributed by atoms with Crippen LogP contribution in [0.15, 0.2) is 115 Å². The average molecular weight is 551 g/mol. The molecule has 0 saturated carbocycles. The zero-order chi connectivity index (χ0) is 29.2. The van der Waals surface area contributed by atoms with Crippen molar-refractivity contribution in [1.29, 1.82) is 0 Å². The number of amides is 3. The molecule has 8 nitrogen and oxygen atoms in total. The van der Waals surface area contributed by atoms with Crippen molar-refractivity contribution in [1.82, 2.24) is 10.6 Å². The third kappa shape index (κ3) is 7.05. The fourth-order valence-electron chi connectivity index (χ4n) is 4.66. The molecular weight excluding hydrogens is 516 g/mol. The highest BCUT2D eigenvalue weighted by Gasteiger charge is 2.39. The van der Waals surface area contributed by atoms with E-state index in [9.17, 15) is 19.5 Å². The molecule has 2 atom stereocenters. The van der Waals surface area contributed by atoms with Gasteiger partial charge in [-0.3, -0.25) is 14.4 Å². The summed E-state index contributed by atoms with van der Waals surface area (Å²) < 4.78 is 0. The average Bonchev–Trinajstić information content (AvgIpc) is 3.01. The number of hydrogen-bond acceptors (Lipinski definition) is 5. The van der Waals surface area contributed by atoms with Crippen LogP contribution in [-0.4, -0.2) is 34.9 Å². The maximum absolute atomic E-state index is 13.9. The van der Waals surface area contributed by atoms with E-state index in [0.29, 0.717) is 11.3 Å². The van der Waals surface area contributed by atoms with Crippen LogP contribution in [0.4, 0.5) is 5.69 Å².